The zero-order valence-electron chi connectivity index (χ0n) is 11.6. The Morgan fingerprint density at radius 2 is 1.70 bits per heavy atom. The van der Waals surface area contributed by atoms with E-state index in [1.165, 1.54) is 0 Å². The lowest BCUT2D eigenvalue weighted by atomic mass is 10.1. The Labute approximate surface area is 124 Å². The van der Waals surface area contributed by atoms with Crippen molar-refractivity contribution in [3.8, 4) is 5.75 Å². The van der Waals surface area contributed by atoms with Crippen LogP contribution < -0.4 is 4.74 Å². The molecule has 0 aliphatic rings. The number of rotatable bonds is 8. The number of benzene rings is 1. The molecule has 0 radical (unpaired) electrons. The lowest BCUT2D eigenvalue weighted by molar-refractivity contribution is -0.143. The monoisotopic (exact) mass is 298 g/mol. The fourth-order valence-electron chi connectivity index (χ4n) is 1.65. The summed E-state index contributed by atoms with van der Waals surface area (Å²) >= 11 is 5.89. The number of unbranched alkanes of at least 4 members (excludes halogenated alkanes) is 2. The molecule has 0 heterocycles. The van der Waals surface area contributed by atoms with Crippen molar-refractivity contribution < 1.29 is 19.1 Å². The quantitative estimate of drug-likeness (QED) is 0.416. The molecule has 4 nitrogen and oxygen atoms in total. The van der Waals surface area contributed by atoms with Crippen LogP contribution in [-0.4, -0.2) is 18.5 Å². The fraction of sp³-hybridized carbons (Fsp3) is 0.467. The molecule has 0 amide bonds. The summed E-state index contributed by atoms with van der Waals surface area (Å²) < 4.78 is 9.97. The van der Waals surface area contributed by atoms with E-state index in [-0.39, 0.29) is 11.9 Å². The number of para-hydroxylation sites is 1. The van der Waals surface area contributed by atoms with Crippen LogP contribution in [0.25, 0.3) is 0 Å². The number of carbonyl (C=O) groups excluding carboxylic acids is 2. The minimum Gasteiger partial charge on any atom is -0.466 e. The number of hydrogen-bond donors (Lipinski definition) is 0. The molecular weight excluding hydrogens is 280 g/mol. The third-order valence-electron chi connectivity index (χ3n) is 2.63. The van der Waals surface area contributed by atoms with Crippen LogP contribution in [0.4, 0.5) is 0 Å². The van der Waals surface area contributed by atoms with E-state index < -0.39 is 0 Å². The van der Waals surface area contributed by atoms with Gasteiger partial charge in [0.2, 0.25) is 0 Å². The van der Waals surface area contributed by atoms with Crippen molar-refractivity contribution in [1.82, 2.24) is 0 Å². The van der Waals surface area contributed by atoms with E-state index in [1.54, 1.807) is 31.2 Å². The summed E-state index contributed by atoms with van der Waals surface area (Å²) in [6.45, 7) is 2.19. The van der Waals surface area contributed by atoms with Crippen LogP contribution in [0.5, 0.6) is 5.75 Å². The summed E-state index contributed by atoms with van der Waals surface area (Å²) in [6.07, 6.45) is 2.90. The number of halogens is 1. The van der Waals surface area contributed by atoms with Crippen LogP contribution in [0.15, 0.2) is 24.3 Å². The van der Waals surface area contributed by atoms with Gasteiger partial charge in [0.05, 0.1) is 11.6 Å². The fourth-order valence-corrected chi connectivity index (χ4v) is 1.82. The molecule has 0 unspecified atom stereocenters. The Hall–Kier alpha value is -1.55. The summed E-state index contributed by atoms with van der Waals surface area (Å²) in [5, 5.41) is 0.420. The normalized spacial score (nSPS) is 10.1. The first-order valence-electron chi connectivity index (χ1n) is 6.74. The van der Waals surface area contributed by atoms with Crippen LogP contribution in [-0.2, 0) is 14.3 Å². The third kappa shape index (κ3) is 6.57. The number of carbonyl (C=O) groups is 2. The van der Waals surface area contributed by atoms with E-state index in [4.69, 9.17) is 21.1 Å². The predicted octanol–water partition coefficient (Wildman–Crippen LogP) is 3.76. The van der Waals surface area contributed by atoms with Gasteiger partial charge in [0.15, 0.2) is 0 Å². The number of ether oxygens (including phenoxy) is 2. The molecule has 0 aliphatic heterocycles. The first kappa shape index (κ1) is 16.5. The van der Waals surface area contributed by atoms with Crippen molar-refractivity contribution in [2.45, 2.75) is 39.0 Å². The molecule has 110 valence electrons. The molecule has 0 N–H and O–H groups in total. The molecule has 1 aromatic carbocycles. The molecule has 0 aromatic heterocycles. The van der Waals surface area contributed by atoms with Crippen molar-refractivity contribution >= 4 is 23.5 Å². The molecule has 1 aromatic rings. The van der Waals surface area contributed by atoms with Gasteiger partial charge in [0.25, 0.3) is 0 Å². The summed E-state index contributed by atoms with van der Waals surface area (Å²) in [5.41, 5.74) is 0. The van der Waals surface area contributed by atoms with E-state index in [0.717, 1.165) is 12.8 Å². The average molecular weight is 299 g/mol. The molecule has 0 fully saturated rings. The lowest BCUT2D eigenvalue weighted by Gasteiger charge is -2.05. The maximum absolute atomic E-state index is 11.6. The average Bonchev–Trinajstić information content (AvgIpc) is 2.41. The minimum absolute atomic E-state index is 0.189. The summed E-state index contributed by atoms with van der Waals surface area (Å²) in [6, 6.07) is 6.85. The number of hydrogen-bond acceptors (Lipinski definition) is 4. The molecule has 1 rings (SSSR count). The Morgan fingerprint density at radius 3 is 2.35 bits per heavy atom. The maximum atomic E-state index is 11.6. The Kier molecular flexibility index (Phi) is 7.73. The highest BCUT2D eigenvalue weighted by Crippen LogP contribution is 2.23. The first-order valence-corrected chi connectivity index (χ1v) is 7.12. The molecule has 0 bridgehead atoms. The predicted molar refractivity (Wildman–Crippen MR) is 76.8 cm³/mol. The van der Waals surface area contributed by atoms with E-state index in [2.05, 4.69) is 0 Å². The molecule has 5 heteroatoms. The molecule has 0 aliphatic carbocycles. The Bertz CT molecular complexity index is 445. The molecule has 0 saturated heterocycles. The van der Waals surface area contributed by atoms with Gasteiger partial charge >= 0.3 is 11.9 Å². The van der Waals surface area contributed by atoms with E-state index in [9.17, 15) is 9.59 Å². The Morgan fingerprint density at radius 1 is 1.05 bits per heavy atom. The highest BCUT2D eigenvalue weighted by molar-refractivity contribution is 6.32. The van der Waals surface area contributed by atoms with Gasteiger partial charge in [-0.2, -0.15) is 0 Å². The second kappa shape index (κ2) is 9.37. The minimum atomic E-state index is -0.311. The van der Waals surface area contributed by atoms with Gasteiger partial charge in [-0.25, -0.2) is 0 Å². The largest absolute Gasteiger partial charge is 0.466 e. The summed E-state index contributed by atoms with van der Waals surface area (Å²) in [7, 11) is 0. The second-order valence-corrected chi connectivity index (χ2v) is 4.68. The molecule has 20 heavy (non-hydrogen) atoms. The van der Waals surface area contributed by atoms with Crippen molar-refractivity contribution in [3.05, 3.63) is 29.3 Å². The first-order chi connectivity index (χ1) is 9.63. The van der Waals surface area contributed by atoms with E-state index >= 15 is 0 Å². The zero-order valence-corrected chi connectivity index (χ0v) is 12.3. The van der Waals surface area contributed by atoms with E-state index in [0.29, 0.717) is 36.6 Å². The van der Waals surface area contributed by atoms with E-state index in [1.807, 2.05) is 0 Å². The smallest absolute Gasteiger partial charge is 0.311 e. The highest BCUT2D eigenvalue weighted by atomic mass is 35.5. The highest BCUT2D eigenvalue weighted by Gasteiger charge is 2.08. The van der Waals surface area contributed by atoms with Crippen LogP contribution in [0, 0.1) is 0 Å². The summed E-state index contributed by atoms with van der Waals surface area (Å²) in [5.74, 6) is -0.119. The van der Waals surface area contributed by atoms with Crippen LogP contribution in [0.3, 0.4) is 0 Å². The van der Waals surface area contributed by atoms with Crippen LogP contribution in [0.1, 0.15) is 39.0 Å². The van der Waals surface area contributed by atoms with Gasteiger partial charge in [-0.3, -0.25) is 9.59 Å². The van der Waals surface area contributed by atoms with Crippen molar-refractivity contribution in [3.63, 3.8) is 0 Å². The second-order valence-electron chi connectivity index (χ2n) is 4.27. The van der Waals surface area contributed by atoms with Gasteiger partial charge in [-0.1, -0.05) is 30.2 Å². The van der Waals surface area contributed by atoms with Crippen molar-refractivity contribution in [2.75, 3.05) is 6.61 Å². The van der Waals surface area contributed by atoms with Crippen molar-refractivity contribution in [2.24, 2.45) is 0 Å². The molecule has 0 saturated carbocycles. The van der Waals surface area contributed by atoms with Crippen LogP contribution >= 0.6 is 11.6 Å². The topological polar surface area (TPSA) is 52.6 Å². The van der Waals surface area contributed by atoms with Crippen molar-refractivity contribution in [1.29, 1.82) is 0 Å². The molecular formula is C15H19ClO4. The lowest BCUT2D eigenvalue weighted by Crippen LogP contribution is -2.08. The zero-order chi connectivity index (χ0) is 14.8. The van der Waals surface area contributed by atoms with Gasteiger partial charge in [-0.05, 0) is 31.9 Å². The Balaban J connectivity index is 2.15. The molecule has 0 atom stereocenters. The maximum Gasteiger partial charge on any atom is 0.311 e. The summed E-state index contributed by atoms with van der Waals surface area (Å²) in [4.78, 5) is 22.7. The SMILES string of the molecule is CCOC(=O)CCCCCC(=O)Oc1ccccc1Cl. The molecule has 0 spiro atoms. The van der Waals surface area contributed by atoms with Gasteiger partial charge in [0.1, 0.15) is 5.75 Å². The third-order valence-corrected chi connectivity index (χ3v) is 2.94. The van der Waals surface area contributed by atoms with Gasteiger partial charge in [0, 0.05) is 12.8 Å². The number of esters is 2. The standard InChI is InChI=1S/C15H19ClO4/c1-2-19-14(17)10-4-3-5-11-15(18)20-13-9-7-6-8-12(13)16/h6-9H,2-5,10-11H2,1H3. The van der Waals surface area contributed by atoms with Crippen LogP contribution in [0.2, 0.25) is 5.02 Å². The van der Waals surface area contributed by atoms with Gasteiger partial charge < -0.3 is 9.47 Å². The van der Waals surface area contributed by atoms with Gasteiger partial charge in [-0.15, -0.1) is 0 Å².